The first-order chi connectivity index (χ1) is 9.19. The molecule has 2 rings (SSSR count). The van der Waals surface area contributed by atoms with Crippen LogP contribution in [0.4, 0.5) is 5.69 Å². The van der Waals surface area contributed by atoms with E-state index in [-0.39, 0.29) is 0 Å². The van der Waals surface area contributed by atoms with Gasteiger partial charge in [0.15, 0.2) is 0 Å². The van der Waals surface area contributed by atoms with Crippen molar-refractivity contribution in [3.63, 3.8) is 0 Å². The molecule has 2 aromatic carbocycles. The fourth-order valence-electron chi connectivity index (χ4n) is 1.92. The van der Waals surface area contributed by atoms with Crippen molar-refractivity contribution in [3.8, 4) is 5.75 Å². The summed E-state index contributed by atoms with van der Waals surface area (Å²) in [6.45, 7) is 4.98. The lowest BCUT2D eigenvalue weighted by atomic mass is 10.0. The van der Waals surface area contributed by atoms with Crippen LogP contribution in [0.3, 0.4) is 0 Å². The minimum Gasteiger partial charge on any atom is -0.489 e. The van der Waals surface area contributed by atoms with E-state index in [2.05, 4.69) is 43.4 Å². The number of hydrogen-bond acceptors (Lipinski definition) is 2. The van der Waals surface area contributed by atoms with Crippen LogP contribution < -0.4 is 10.1 Å². The van der Waals surface area contributed by atoms with Crippen molar-refractivity contribution >= 4 is 5.69 Å². The zero-order valence-electron chi connectivity index (χ0n) is 11.8. The van der Waals surface area contributed by atoms with Gasteiger partial charge in [-0.1, -0.05) is 44.2 Å². The first-order valence-corrected chi connectivity index (χ1v) is 6.68. The van der Waals surface area contributed by atoms with Crippen LogP contribution in [0.2, 0.25) is 0 Å². The summed E-state index contributed by atoms with van der Waals surface area (Å²) in [5.41, 5.74) is 3.56. The van der Waals surface area contributed by atoms with Crippen LogP contribution in [0.5, 0.6) is 5.75 Å². The molecule has 0 aromatic heterocycles. The molecular weight excluding hydrogens is 234 g/mol. The molecule has 19 heavy (non-hydrogen) atoms. The highest BCUT2D eigenvalue weighted by Crippen LogP contribution is 2.26. The molecule has 100 valence electrons. The summed E-state index contributed by atoms with van der Waals surface area (Å²) in [7, 11) is 1.93. The molecular formula is C17H21NO. The third-order valence-corrected chi connectivity index (χ3v) is 3.13. The number of hydrogen-bond donors (Lipinski definition) is 1. The Morgan fingerprint density at radius 3 is 2.42 bits per heavy atom. The molecule has 0 aliphatic rings. The van der Waals surface area contributed by atoms with Gasteiger partial charge in [-0.25, -0.2) is 0 Å². The molecule has 1 N–H and O–H groups in total. The normalized spacial score (nSPS) is 10.5. The van der Waals surface area contributed by atoms with Crippen LogP contribution in [0.15, 0.2) is 48.5 Å². The van der Waals surface area contributed by atoms with Gasteiger partial charge in [0.25, 0.3) is 0 Å². The Kier molecular flexibility index (Phi) is 4.45. The third-order valence-electron chi connectivity index (χ3n) is 3.13. The lowest BCUT2D eigenvalue weighted by Crippen LogP contribution is -1.98. The van der Waals surface area contributed by atoms with Gasteiger partial charge in [0.2, 0.25) is 0 Å². The Balaban J connectivity index is 2.13. The molecule has 0 saturated heterocycles. The van der Waals surface area contributed by atoms with E-state index in [0.717, 1.165) is 11.4 Å². The van der Waals surface area contributed by atoms with Crippen LogP contribution >= 0.6 is 0 Å². The molecule has 2 nitrogen and oxygen atoms in total. The molecule has 0 aliphatic heterocycles. The molecule has 0 amide bonds. The fraction of sp³-hybridized carbons (Fsp3) is 0.294. The van der Waals surface area contributed by atoms with Gasteiger partial charge in [-0.2, -0.15) is 0 Å². The molecule has 2 heteroatoms. The number of ether oxygens (including phenoxy) is 1. The number of anilines is 1. The predicted octanol–water partition coefficient (Wildman–Crippen LogP) is 4.43. The molecule has 0 heterocycles. The zero-order chi connectivity index (χ0) is 13.7. The molecule has 0 fully saturated rings. The van der Waals surface area contributed by atoms with E-state index in [4.69, 9.17) is 4.74 Å². The maximum Gasteiger partial charge on any atom is 0.122 e. The van der Waals surface area contributed by atoms with Crippen molar-refractivity contribution in [2.24, 2.45) is 0 Å². The zero-order valence-corrected chi connectivity index (χ0v) is 11.8. The maximum atomic E-state index is 5.89. The Labute approximate surface area is 115 Å². The van der Waals surface area contributed by atoms with Crippen molar-refractivity contribution in [2.75, 3.05) is 12.4 Å². The summed E-state index contributed by atoms with van der Waals surface area (Å²) in [5.74, 6) is 1.41. The topological polar surface area (TPSA) is 21.3 Å². The summed E-state index contributed by atoms with van der Waals surface area (Å²) in [6.07, 6.45) is 0. The first-order valence-electron chi connectivity index (χ1n) is 6.68. The van der Waals surface area contributed by atoms with Gasteiger partial charge < -0.3 is 10.1 Å². The monoisotopic (exact) mass is 255 g/mol. The van der Waals surface area contributed by atoms with Gasteiger partial charge in [0, 0.05) is 18.8 Å². The van der Waals surface area contributed by atoms with Crippen molar-refractivity contribution in [1.82, 2.24) is 0 Å². The van der Waals surface area contributed by atoms with Crippen LogP contribution in [-0.2, 0) is 6.61 Å². The second kappa shape index (κ2) is 6.28. The standard InChI is InChI=1S/C17H21NO/c1-13(2)15-9-16(18-3)11-17(10-15)19-12-14-7-5-4-6-8-14/h4-11,13,18H,12H2,1-3H3. The lowest BCUT2D eigenvalue weighted by Gasteiger charge is -2.13. The molecule has 0 atom stereocenters. The van der Waals surface area contributed by atoms with Gasteiger partial charge >= 0.3 is 0 Å². The number of nitrogens with one attached hydrogen (secondary N) is 1. The molecule has 0 radical (unpaired) electrons. The largest absolute Gasteiger partial charge is 0.489 e. The Bertz CT molecular complexity index is 520. The highest BCUT2D eigenvalue weighted by molar-refractivity contribution is 5.51. The lowest BCUT2D eigenvalue weighted by molar-refractivity contribution is 0.306. The van der Waals surface area contributed by atoms with Gasteiger partial charge in [-0.3, -0.25) is 0 Å². The molecule has 0 aliphatic carbocycles. The Morgan fingerprint density at radius 2 is 1.79 bits per heavy atom. The molecule has 0 spiro atoms. The van der Waals surface area contributed by atoms with Gasteiger partial charge in [0.05, 0.1) is 0 Å². The van der Waals surface area contributed by atoms with E-state index in [1.165, 1.54) is 11.1 Å². The van der Waals surface area contributed by atoms with Gasteiger partial charge in [0.1, 0.15) is 12.4 Å². The average Bonchev–Trinajstić information content (AvgIpc) is 2.45. The Hall–Kier alpha value is -1.96. The maximum absolute atomic E-state index is 5.89. The Morgan fingerprint density at radius 1 is 1.05 bits per heavy atom. The summed E-state index contributed by atoms with van der Waals surface area (Å²) in [4.78, 5) is 0. The summed E-state index contributed by atoms with van der Waals surface area (Å²) in [5, 5.41) is 3.18. The summed E-state index contributed by atoms with van der Waals surface area (Å²) >= 11 is 0. The minimum absolute atomic E-state index is 0.493. The van der Waals surface area contributed by atoms with E-state index in [9.17, 15) is 0 Å². The quantitative estimate of drug-likeness (QED) is 0.853. The van der Waals surface area contributed by atoms with Crippen molar-refractivity contribution in [3.05, 3.63) is 59.7 Å². The van der Waals surface area contributed by atoms with E-state index in [1.807, 2.05) is 31.3 Å². The average molecular weight is 255 g/mol. The summed E-state index contributed by atoms with van der Waals surface area (Å²) < 4.78 is 5.89. The molecule has 0 saturated carbocycles. The summed E-state index contributed by atoms with van der Waals surface area (Å²) in [6, 6.07) is 16.5. The number of rotatable bonds is 5. The van der Waals surface area contributed by atoms with E-state index in [1.54, 1.807) is 0 Å². The predicted molar refractivity (Wildman–Crippen MR) is 80.9 cm³/mol. The number of benzene rings is 2. The van der Waals surface area contributed by atoms with Crippen molar-refractivity contribution in [2.45, 2.75) is 26.4 Å². The third kappa shape index (κ3) is 3.75. The van der Waals surface area contributed by atoms with E-state index < -0.39 is 0 Å². The molecule has 2 aromatic rings. The van der Waals surface area contributed by atoms with Crippen molar-refractivity contribution < 1.29 is 4.74 Å². The molecule has 0 unspecified atom stereocenters. The first kappa shape index (κ1) is 13.5. The van der Waals surface area contributed by atoms with Crippen LogP contribution in [0, 0.1) is 0 Å². The molecule has 0 bridgehead atoms. The second-order valence-corrected chi connectivity index (χ2v) is 4.97. The highest BCUT2D eigenvalue weighted by Gasteiger charge is 2.05. The van der Waals surface area contributed by atoms with Gasteiger partial charge in [-0.05, 0) is 29.2 Å². The smallest absolute Gasteiger partial charge is 0.122 e. The fourth-order valence-corrected chi connectivity index (χ4v) is 1.92. The van der Waals surface area contributed by atoms with Crippen LogP contribution in [0.1, 0.15) is 30.9 Å². The highest BCUT2D eigenvalue weighted by atomic mass is 16.5. The van der Waals surface area contributed by atoms with E-state index in [0.29, 0.717) is 12.5 Å². The minimum atomic E-state index is 0.493. The van der Waals surface area contributed by atoms with Crippen molar-refractivity contribution in [1.29, 1.82) is 0 Å². The SMILES string of the molecule is CNc1cc(OCc2ccccc2)cc(C(C)C)c1. The van der Waals surface area contributed by atoms with E-state index >= 15 is 0 Å². The van der Waals surface area contributed by atoms with Gasteiger partial charge in [-0.15, -0.1) is 0 Å². The van der Waals surface area contributed by atoms with Crippen LogP contribution in [0.25, 0.3) is 0 Å². The second-order valence-electron chi connectivity index (χ2n) is 4.97. The van der Waals surface area contributed by atoms with Crippen LogP contribution in [-0.4, -0.2) is 7.05 Å².